The van der Waals surface area contributed by atoms with Crippen molar-refractivity contribution in [1.29, 1.82) is 0 Å². The van der Waals surface area contributed by atoms with Crippen molar-refractivity contribution >= 4 is 11.6 Å². The van der Waals surface area contributed by atoms with E-state index < -0.39 is 0 Å². The molecule has 35 heavy (non-hydrogen) atoms. The van der Waals surface area contributed by atoms with E-state index in [9.17, 15) is 4.79 Å². The van der Waals surface area contributed by atoms with E-state index in [1.165, 1.54) is 22.3 Å². The highest BCUT2D eigenvalue weighted by atomic mass is 16.1. The van der Waals surface area contributed by atoms with Crippen LogP contribution in [0, 0.1) is 0 Å². The molecule has 0 atom stereocenters. The SMILES string of the molecule is O=C(CCN1CCN(C(c2ccccc2)c2ccccc2)CC1)Nc1ccc2c(c1)CCNCC2. The monoisotopic (exact) mass is 468 g/mol. The third-order valence-corrected chi connectivity index (χ3v) is 7.29. The molecular formula is C30H36N4O. The first-order valence-corrected chi connectivity index (χ1v) is 12.9. The predicted octanol–water partition coefficient (Wildman–Crippen LogP) is 4.11. The molecule has 0 aliphatic carbocycles. The topological polar surface area (TPSA) is 47.6 Å². The molecule has 1 saturated heterocycles. The number of nitrogens with one attached hydrogen (secondary N) is 2. The average molecular weight is 469 g/mol. The van der Waals surface area contributed by atoms with Crippen LogP contribution in [0.25, 0.3) is 0 Å². The molecule has 1 amide bonds. The summed E-state index contributed by atoms with van der Waals surface area (Å²) in [4.78, 5) is 17.7. The Balaban J connectivity index is 1.14. The van der Waals surface area contributed by atoms with Crippen LogP contribution in [0.15, 0.2) is 78.9 Å². The fourth-order valence-corrected chi connectivity index (χ4v) is 5.36. The summed E-state index contributed by atoms with van der Waals surface area (Å²) in [5.74, 6) is 0.102. The summed E-state index contributed by atoms with van der Waals surface area (Å²) in [5, 5.41) is 6.57. The second-order valence-corrected chi connectivity index (χ2v) is 9.63. The zero-order valence-corrected chi connectivity index (χ0v) is 20.5. The number of benzene rings is 3. The number of anilines is 1. The Morgan fingerprint density at radius 2 is 1.43 bits per heavy atom. The minimum Gasteiger partial charge on any atom is -0.326 e. The van der Waals surface area contributed by atoms with Gasteiger partial charge in [-0.1, -0.05) is 66.7 Å². The van der Waals surface area contributed by atoms with Gasteiger partial charge in [0.25, 0.3) is 0 Å². The van der Waals surface area contributed by atoms with E-state index in [-0.39, 0.29) is 11.9 Å². The molecule has 2 aliphatic heterocycles. The van der Waals surface area contributed by atoms with Crippen molar-refractivity contribution in [3.8, 4) is 0 Å². The molecule has 1 fully saturated rings. The lowest BCUT2D eigenvalue weighted by Gasteiger charge is -2.39. The van der Waals surface area contributed by atoms with Crippen molar-refractivity contribution in [1.82, 2.24) is 15.1 Å². The summed E-state index contributed by atoms with van der Waals surface area (Å²) < 4.78 is 0. The Kier molecular flexibility index (Phi) is 7.89. The lowest BCUT2D eigenvalue weighted by molar-refractivity contribution is -0.116. The molecule has 5 nitrogen and oxygen atoms in total. The number of piperazine rings is 1. The van der Waals surface area contributed by atoms with Gasteiger partial charge in [-0.25, -0.2) is 0 Å². The smallest absolute Gasteiger partial charge is 0.225 e. The van der Waals surface area contributed by atoms with Gasteiger partial charge in [0.05, 0.1) is 6.04 Å². The Morgan fingerprint density at radius 3 is 2.09 bits per heavy atom. The molecule has 5 rings (SSSR count). The Labute approximate surface area is 209 Å². The summed E-state index contributed by atoms with van der Waals surface area (Å²) in [6.45, 7) is 6.79. The molecule has 3 aromatic carbocycles. The predicted molar refractivity (Wildman–Crippen MR) is 143 cm³/mol. The lowest BCUT2D eigenvalue weighted by atomic mass is 9.96. The van der Waals surface area contributed by atoms with Crippen LogP contribution in [0.1, 0.15) is 34.7 Å². The van der Waals surface area contributed by atoms with E-state index in [1.54, 1.807) is 0 Å². The number of nitrogens with zero attached hydrogens (tertiary/aromatic N) is 2. The first-order chi connectivity index (χ1) is 17.3. The largest absolute Gasteiger partial charge is 0.326 e. The van der Waals surface area contributed by atoms with E-state index in [4.69, 9.17) is 0 Å². The molecule has 0 aromatic heterocycles. The summed E-state index contributed by atoms with van der Waals surface area (Å²) in [6.07, 6.45) is 2.61. The van der Waals surface area contributed by atoms with E-state index in [1.807, 2.05) is 6.07 Å². The van der Waals surface area contributed by atoms with Gasteiger partial charge in [-0.3, -0.25) is 9.69 Å². The molecule has 2 N–H and O–H groups in total. The fourth-order valence-electron chi connectivity index (χ4n) is 5.36. The zero-order chi connectivity index (χ0) is 23.9. The lowest BCUT2D eigenvalue weighted by Crippen LogP contribution is -2.48. The number of carbonyl (C=O) groups excluding carboxylic acids is 1. The highest BCUT2D eigenvalue weighted by Crippen LogP contribution is 2.29. The number of fused-ring (bicyclic) bond motifs is 1. The Bertz CT molecular complexity index is 1050. The summed E-state index contributed by atoms with van der Waals surface area (Å²) in [7, 11) is 0. The quantitative estimate of drug-likeness (QED) is 0.548. The third-order valence-electron chi connectivity index (χ3n) is 7.29. The van der Waals surface area contributed by atoms with E-state index in [2.05, 4.69) is 93.2 Å². The van der Waals surface area contributed by atoms with Crippen LogP contribution >= 0.6 is 0 Å². The number of amides is 1. The first kappa shape index (κ1) is 23.7. The summed E-state index contributed by atoms with van der Waals surface area (Å²) in [6, 6.07) is 28.2. The van der Waals surface area contributed by atoms with Crippen LogP contribution < -0.4 is 10.6 Å². The van der Waals surface area contributed by atoms with Crippen LogP contribution in [0.5, 0.6) is 0 Å². The highest BCUT2D eigenvalue weighted by Gasteiger charge is 2.26. The number of hydrogen-bond acceptors (Lipinski definition) is 4. The van der Waals surface area contributed by atoms with Crippen LogP contribution in [-0.2, 0) is 17.6 Å². The maximum Gasteiger partial charge on any atom is 0.225 e. The van der Waals surface area contributed by atoms with Crippen molar-refractivity contribution in [2.24, 2.45) is 0 Å². The summed E-state index contributed by atoms with van der Waals surface area (Å²) >= 11 is 0. The highest BCUT2D eigenvalue weighted by molar-refractivity contribution is 5.91. The second-order valence-electron chi connectivity index (χ2n) is 9.63. The average Bonchev–Trinajstić information content (AvgIpc) is 3.15. The van der Waals surface area contributed by atoms with Gasteiger partial charge >= 0.3 is 0 Å². The van der Waals surface area contributed by atoms with E-state index in [0.717, 1.165) is 64.3 Å². The standard InChI is InChI=1S/C30H36N4O/c35-29(32-28-12-11-24-13-16-31-17-14-27(24)23-28)15-18-33-19-21-34(22-20-33)30(25-7-3-1-4-8-25)26-9-5-2-6-10-26/h1-12,23,30-31H,13-22H2,(H,32,35). The number of hydrogen-bond donors (Lipinski definition) is 2. The normalized spacial score (nSPS) is 17.1. The van der Waals surface area contributed by atoms with Gasteiger partial charge in [0.2, 0.25) is 5.91 Å². The van der Waals surface area contributed by atoms with Crippen LogP contribution in [0.4, 0.5) is 5.69 Å². The van der Waals surface area contributed by atoms with Gasteiger partial charge in [-0.2, -0.15) is 0 Å². The van der Waals surface area contributed by atoms with Gasteiger partial charge in [0, 0.05) is 44.8 Å². The van der Waals surface area contributed by atoms with Crippen LogP contribution in [-0.4, -0.2) is 61.5 Å². The van der Waals surface area contributed by atoms with Crippen molar-refractivity contribution in [3.05, 3.63) is 101 Å². The van der Waals surface area contributed by atoms with E-state index >= 15 is 0 Å². The molecule has 0 saturated carbocycles. The minimum absolute atomic E-state index is 0.102. The van der Waals surface area contributed by atoms with Crippen molar-refractivity contribution < 1.29 is 4.79 Å². The molecule has 5 heteroatoms. The molecule has 0 spiro atoms. The Hall–Kier alpha value is -2.99. The van der Waals surface area contributed by atoms with Crippen molar-refractivity contribution in [2.75, 3.05) is 51.1 Å². The second kappa shape index (κ2) is 11.6. The van der Waals surface area contributed by atoms with Gasteiger partial charge in [-0.15, -0.1) is 0 Å². The molecule has 182 valence electrons. The molecule has 2 aliphatic rings. The third kappa shape index (κ3) is 6.17. The number of carbonyl (C=O) groups is 1. The molecule has 0 radical (unpaired) electrons. The first-order valence-electron chi connectivity index (χ1n) is 12.9. The molecular weight excluding hydrogens is 432 g/mol. The maximum absolute atomic E-state index is 12.7. The van der Waals surface area contributed by atoms with E-state index in [0.29, 0.717) is 6.42 Å². The minimum atomic E-state index is 0.102. The van der Waals surface area contributed by atoms with Gasteiger partial charge in [0.1, 0.15) is 0 Å². The van der Waals surface area contributed by atoms with Crippen molar-refractivity contribution in [2.45, 2.75) is 25.3 Å². The number of rotatable bonds is 7. The van der Waals surface area contributed by atoms with Gasteiger partial charge in [-0.05, 0) is 60.3 Å². The fraction of sp³-hybridized carbons (Fsp3) is 0.367. The zero-order valence-electron chi connectivity index (χ0n) is 20.5. The molecule has 0 unspecified atom stereocenters. The summed E-state index contributed by atoms with van der Waals surface area (Å²) in [5.41, 5.74) is 6.35. The van der Waals surface area contributed by atoms with Gasteiger partial charge in [0.15, 0.2) is 0 Å². The van der Waals surface area contributed by atoms with Gasteiger partial charge < -0.3 is 15.5 Å². The van der Waals surface area contributed by atoms with Crippen LogP contribution in [0.2, 0.25) is 0 Å². The maximum atomic E-state index is 12.7. The molecule has 0 bridgehead atoms. The molecule has 2 heterocycles. The van der Waals surface area contributed by atoms with Crippen molar-refractivity contribution in [3.63, 3.8) is 0 Å². The Morgan fingerprint density at radius 1 is 0.800 bits per heavy atom. The molecule has 3 aromatic rings. The van der Waals surface area contributed by atoms with Crippen LogP contribution in [0.3, 0.4) is 0 Å².